The van der Waals surface area contributed by atoms with Crippen LogP contribution in [0.5, 0.6) is 0 Å². The summed E-state index contributed by atoms with van der Waals surface area (Å²) in [4.78, 5) is 22.5. The first-order valence-corrected chi connectivity index (χ1v) is 4.69. The third-order valence-corrected chi connectivity index (χ3v) is 3.97. The fourth-order valence-electron chi connectivity index (χ4n) is 3.51. The normalized spacial score (nSPS) is 51.1. The molecule has 0 radical (unpaired) electrons. The van der Waals surface area contributed by atoms with Crippen LogP contribution in [0, 0.1) is 17.8 Å². The molecule has 13 heavy (non-hydrogen) atoms. The number of amides is 1. The first kappa shape index (κ1) is 7.35. The van der Waals surface area contributed by atoms with E-state index < -0.39 is 11.5 Å². The quantitative estimate of drug-likeness (QED) is 0.597. The van der Waals surface area contributed by atoms with Gasteiger partial charge in [0, 0.05) is 11.8 Å². The average Bonchev–Trinajstić information content (AvgIpc) is 2.61. The van der Waals surface area contributed by atoms with Crippen LogP contribution in [-0.4, -0.2) is 22.5 Å². The zero-order chi connectivity index (χ0) is 9.22. The Morgan fingerprint density at radius 3 is 2.85 bits per heavy atom. The number of hydrogen-bond donors (Lipinski definition) is 2. The minimum Gasteiger partial charge on any atom is -0.479 e. The summed E-state index contributed by atoms with van der Waals surface area (Å²) in [7, 11) is 0. The first-order valence-electron chi connectivity index (χ1n) is 4.69. The molecule has 2 N–H and O–H groups in total. The highest BCUT2D eigenvalue weighted by Crippen LogP contribution is 2.57. The van der Waals surface area contributed by atoms with Crippen molar-refractivity contribution < 1.29 is 14.7 Å². The van der Waals surface area contributed by atoms with Gasteiger partial charge in [0.2, 0.25) is 5.91 Å². The fraction of sp³-hybridized carbons (Fsp3) is 0.778. The summed E-state index contributed by atoms with van der Waals surface area (Å²) in [5.74, 6) is -0.342. The molecule has 3 aliphatic rings. The number of carbonyl (C=O) groups is 2. The molecule has 2 bridgehead atoms. The van der Waals surface area contributed by atoms with E-state index in [4.69, 9.17) is 5.11 Å². The fourth-order valence-corrected chi connectivity index (χ4v) is 3.51. The Morgan fingerprint density at radius 1 is 1.54 bits per heavy atom. The molecule has 1 saturated heterocycles. The number of aliphatic carboxylic acids is 1. The molecule has 1 heterocycles. The average molecular weight is 181 g/mol. The molecule has 0 aromatic rings. The summed E-state index contributed by atoms with van der Waals surface area (Å²) >= 11 is 0. The van der Waals surface area contributed by atoms with Crippen molar-refractivity contribution in [3.05, 3.63) is 0 Å². The molecule has 0 aromatic carbocycles. The minimum atomic E-state index is -0.884. The van der Waals surface area contributed by atoms with E-state index in [0.29, 0.717) is 12.3 Å². The molecule has 0 aromatic heterocycles. The standard InChI is InChI=1S/C9H11NO3/c11-7-5-1-4-2-6(5)9(3-4,10-7)8(12)13/h4-6H,1-3H2,(H,10,11)(H,12,13)/t4-,5+,6-,9-/m1/s1. The molecule has 0 spiro atoms. The van der Waals surface area contributed by atoms with E-state index >= 15 is 0 Å². The largest absolute Gasteiger partial charge is 0.479 e. The van der Waals surface area contributed by atoms with Crippen molar-refractivity contribution in [3.63, 3.8) is 0 Å². The van der Waals surface area contributed by atoms with Gasteiger partial charge in [-0.1, -0.05) is 0 Å². The van der Waals surface area contributed by atoms with E-state index in [1.165, 1.54) is 0 Å². The van der Waals surface area contributed by atoms with Crippen LogP contribution in [0.2, 0.25) is 0 Å². The third kappa shape index (κ3) is 0.641. The van der Waals surface area contributed by atoms with Crippen molar-refractivity contribution in [2.24, 2.45) is 17.8 Å². The van der Waals surface area contributed by atoms with Crippen molar-refractivity contribution in [2.45, 2.75) is 24.8 Å². The molecule has 3 rings (SSSR count). The lowest BCUT2D eigenvalue weighted by atomic mass is 9.79. The van der Waals surface area contributed by atoms with Crippen LogP contribution in [0.1, 0.15) is 19.3 Å². The van der Waals surface area contributed by atoms with E-state index in [0.717, 1.165) is 12.8 Å². The maximum absolute atomic E-state index is 11.4. The molecule has 1 aliphatic heterocycles. The van der Waals surface area contributed by atoms with Crippen molar-refractivity contribution >= 4 is 11.9 Å². The Labute approximate surface area is 75.3 Å². The highest BCUT2D eigenvalue weighted by atomic mass is 16.4. The van der Waals surface area contributed by atoms with Gasteiger partial charge in [0.05, 0.1) is 0 Å². The van der Waals surface area contributed by atoms with E-state index in [1.54, 1.807) is 0 Å². The van der Waals surface area contributed by atoms with Gasteiger partial charge in [0.15, 0.2) is 0 Å². The second-order valence-corrected chi connectivity index (χ2v) is 4.52. The molecule has 2 saturated carbocycles. The summed E-state index contributed by atoms with van der Waals surface area (Å²) in [6.07, 6.45) is 2.48. The topological polar surface area (TPSA) is 66.4 Å². The van der Waals surface area contributed by atoms with E-state index in [1.807, 2.05) is 0 Å². The van der Waals surface area contributed by atoms with Gasteiger partial charge in [0.25, 0.3) is 0 Å². The maximum Gasteiger partial charge on any atom is 0.329 e. The van der Waals surface area contributed by atoms with Crippen LogP contribution in [0.25, 0.3) is 0 Å². The number of nitrogens with one attached hydrogen (secondary N) is 1. The summed E-state index contributed by atoms with van der Waals surface area (Å²) in [6, 6.07) is 0. The Hall–Kier alpha value is -1.06. The second-order valence-electron chi connectivity index (χ2n) is 4.52. The Kier molecular flexibility index (Phi) is 1.07. The van der Waals surface area contributed by atoms with Crippen LogP contribution >= 0.6 is 0 Å². The molecule has 4 atom stereocenters. The Morgan fingerprint density at radius 2 is 2.31 bits per heavy atom. The predicted octanol–water partition coefficient (Wildman–Crippen LogP) is -0.0143. The number of rotatable bonds is 1. The summed E-state index contributed by atoms with van der Waals surface area (Å²) in [5.41, 5.74) is -0.884. The highest BCUT2D eigenvalue weighted by molar-refractivity contribution is 5.94. The summed E-state index contributed by atoms with van der Waals surface area (Å²) in [6.45, 7) is 0. The van der Waals surface area contributed by atoms with Crippen molar-refractivity contribution in [3.8, 4) is 0 Å². The molecular formula is C9H11NO3. The number of carbonyl (C=O) groups excluding carboxylic acids is 1. The zero-order valence-electron chi connectivity index (χ0n) is 7.12. The van der Waals surface area contributed by atoms with Crippen LogP contribution in [0.15, 0.2) is 0 Å². The lowest BCUT2D eigenvalue weighted by Crippen LogP contribution is -2.50. The smallest absolute Gasteiger partial charge is 0.329 e. The van der Waals surface area contributed by atoms with Gasteiger partial charge in [0.1, 0.15) is 5.54 Å². The lowest BCUT2D eigenvalue weighted by Gasteiger charge is -2.27. The summed E-state index contributed by atoms with van der Waals surface area (Å²) < 4.78 is 0. The van der Waals surface area contributed by atoms with Crippen LogP contribution < -0.4 is 5.32 Å². The number of fused-ring (bicyclic) bond motifs is 1. The predicted molar refractivity (Wildman–Crippen MR) is 42.8 cm³/mol. The van der Waals surface area contributed by atoms with Gasteiger partial charge >= 0.3 is 5.97 Å². The SMILES string of the molecule is O=C1N[C@]2(C(=O)O)C[C@@H]3C[C@H]1[C@H]2C3. The minimum absolute atomic E-state index is 0.00477. The maximum atomic E-state index is 11.4. The van der Waals surface area contributed by atoms with Gasteiger partial charge in [-0.05, 0) is 25.2 Å². The number of carboxylic acids is 1. The van der Waals surface area contributed by atoms with E-state index in [9.17, 15) is 9.59 Å². The molecule has 2 aliphatic carbocycles. The third-order valence-electron chi connectivity index (χ3n) is 3.97. The molecule has 70 valence electrons. The van der Waals surface area contributed by atoms with Crippen LogP contribution in [0.4, 0.5) is 0 Å². The Balaban J connectivity index is 2.09. The monoisotopic (exact) mass is 181 g/mol. The van der Waals surface area contributed by atoms with Gasteiger partial charge in [-0.2, -0.15) is 0 Å². The number of carboxylic acid groups (broad SMARTS) is 1. The molecule has 0 unspecified atom stereocenters. The van der Waals surface area contributed by atoms with Crippen molar-refractivity contribution in [2.75, 3.05) is 0 Å². The lowest BCUT2D eigenvalue weighted by molar-refractivity contribution is -0.146. The zero-order valence-corrected chi connectivity index (χ0v) is 7.12. The second kappa shape index (κ2) is 1.89. The number of hydrogen-bond acceptors (Lipinski definition) is 2. The Bertz CT molecular complexity index is 312. The highest BCUT2D eigenvalue weighted by Gasteiger charge is 2.66. The molecule has 4 heteroatoms. The molecule has 3 fully saturated rings. The molecule has 4 nitrogen and oxygen atoms in total. The van der Waals surface area contributed by atoms with Gasteiger partial charge in [-0.15, -0.1) is 0 Å². The molecular weight excluding hydrogens is 170 g/mol. The van der Waals surface area contributed by atoms with Crippen LogP contribution in [-0.2, 0) is 9.59 Å². The van der Waals surface area contributed by atoms with Crippen molar-refractivity contribution in [1.82, 2.24) is 5.32 Å². The van der Waals surface area contributed by atoms with Gasteiger partial charge in [-0.3, -0.25) is 4.79 Å². The molecule has 1 amide bonds. The van der Waals surface area contributed by atoms with Crippen LogP contribution in [0.3, 0.4) is 0 Å². The van der Waals surface area contributed by atoms with Crippen molar-refractivity contribution in [1.29, 1.82) is 0 Å². The summed E-state index contributed by atoms with van der Waals surface area (Å²) in [5, 5.41) is 11.8. The first-order chi connectivity index (χ1) is 6.13. The van der Waals surface area contributed by atoms with E-state index in [2.05, 4.69) is 5.32 Å². The van der Waals surface area contributed by atoms with Gasteiger partial charge in [-0.25, -0.2) is 4.79 Å². The van der Waals surface area contributed by atoms with Gasteiger partial charge < -0.3 is 10.4 Å². The van der Waals surface area contributed by atoms with E-state index in [-0.39, 0.29) is 17.7 Å².